The maximum atomic E-state index is 13.4. The molecule has 2 aromatic carbocycles. The van der Waals surface area contributed by atoms with Crippen molar-refractivity contribution >= 4 is 21.6 Å². The molecule has 10 heteroatoms. The van der Waals surface area contributed by atoms with Gasteiger partial charge in [-0.05, 0) is 43.7 Å². The lowest BCUT2D eigenvalue weighted by molar-refractivity contribution is -0.189. The predicted molar refractivity (Wildman–Crippen MR) is 111 cm³/mol. The molecular weight excluding hydrogens is 431 g/mol. The van der Waals surface area contributed by atoms with E-state index >= 15 is 0 Å². The number of alkyl halides is 3. The van der Waals surface area contributed by atoms with Crippen molar-refractivity contribution in [3.8, 4) is 0 Å². The number of hydrogen-bond acceptors (Lipinski definition) is 4. The first-order chi connectivity index (χ1) is 14.3. The Balaban J connectivity index is 2.13. The lowest BCUT2D eigenvalue weighted by Crippen LogP contribution is -2.45. The molecule has 0 bridgehead atoms. The zero-order chi connectivity index (χ0) is 23.1. The number of sulfonamides is 1. The van der Waals surface area contributed by atoms with Gasteiger partial charge in [0.1, 0.15) is 6.17 Å². The minimum absolute atomic E-state index is 0.0403. The molecule has 3 rings (SSSR count). The fraction of sp³-hybridized carbons (Fsp3) is 0.381. The first kappa shape index (κ1) is 23.1. The van der Waals surface area contributed by atoms with Gasteiger partial charge in [0.05, 0.1) is 4.90 Å². The summed E-state index contributed by atoms with van der Waals surface area (Å²) < 4.78 is 67.8. The minimum atomic E-state index is -5.13. The smallest absolute Gasteiger partial charge is 0.378 e. The number of carbonyl (C=O) groups is 1. The lowest BCUT2D eigenvalue weighted by atomic mass is 10.1. The quantitative estimate of drug-likeness (QED) is 0.708. The number of amides is 1. The summed E-state index contributed by atoms with van der Waals surface area (Å²) in [6.45, 7) is 2.96. The van der Waals surface area contributed by atoms with Gasteiger partial charge in [-0.2, -0.15) is 17.5 Å². The van der Waals surface area contributed by atoms with Gasteiger partial charge in [0.25, 0.3) is 0 Å². The van der Waals surface area contributed by atoms with Crippen molar-refractivity contribution in [1.29, 1.82) is 0 Å². The highest BCUT2D eigenvalue weighted by atomic mass is 32.2. The number of halogens is 3. The van der Waals surface area contributed by atoms with E-state index in [2.05, 4.69) is 0 Å². The van der Waals surface area contributed by atoms with Crippen molar-refractivity contribution in [2.24, 2.45) is 0 Å². The van der Waals surface area contributed by atoms with Crippen LogP contribution in [0.25, 0.3) is 0 Å². The molecule has 1 fully saturated rings. The Morgan fingerprint density at radius 3 is 2.06 bits per heavy atom. The molecule has 0 N–H and O–H groups in total. The van der Waals surface area contributed by atoms with Crippen LogP contribution in [-0.4, -0.2) is 56.4 Å². The highest BCUT2D eigenvalue weighted by Gasteiger charge is 2.53. The van der Waals surface area contributed by atoms with E-state index < -0.39 is 34.3 Å². The summed E-state index contributed by atoms with van der Waals surface area (Å²) in [7, 11) is -0.551. The molecule has 1 aliphatic rings. The van der Waals surface area contributed by atoms with Crippen LogP contribution in [0.5, 0.6) is 0 Å². The SMILES string of the molecule is Cc1ccc(S(=O)(=O)N2CC(C)N(C(=O)C(F)(F)F)C2c2ccc(N(C)C)cc2)cc1. The van der Waals surface area contributed by atoms with Crippen molar-refractivity contribution in [2.45, 2.75) is 37.1 Å². The average molecular weight is 456 g/mol. The Hall–Kier alpha value is -2.59. The van der Waals surface area contributed by atoms with Crippen LogP contribution < -0.4 is 4.90 Å². The van der Waals surface area contributed by atoms with E-state index in [1.165, 1.54) is 19.1 Å². The first-order valence-electron chi connectivity index (χ1n) is 9.59. The number of hydrogen-bond donors (Lipinski definition) is 0. The van der Waals surface area contributed by atoms with Gasteiger partial charge >= 0.3 is 12.1 Å². The van der Waals surface area contributed by atoms with Gasteiger partial charge in [-0.3, -0.25) is 4.79 Å². The Morgan fingerprint density at radius 1 is 1.03 bits per heavy atom. The van der Waals surface area contributed by atoms with Crippen LogP contribution in [0.3, 0.4) is 0 Å². The number of benzene rings is 2. The van der Waals surface area contributed by atoms with Crippen LogP contribution in [0.1, 0.15) is 24.2 Å². The topological polar surface area (TPSA) is 60.9 Å². The van der Waals surface area contributed by atoms with Crippen molar-refractivity contribution in [2.75, 3.05) is 25.5 Å². The third-order valence-corrected chi connectivity index (χ3v) is 7.10. The zero-order valence-corrected chi connectivity index (χ0v) is 18.4. The van der Waals surface area contributed by atoms with Gasteiger partial charge in [-0.1, -0.05) is 29.8 Å². The first-order valence-corrected chi connectivity index (χ1v) is 11.0. The summed E-state index contributed by atoms with van der Waals surface area (Å²) in [5, 5.41) is 0. The van der Waals surface area contributed by atoms with E-state index in [0.717, 1.165) is 15.6 Å². The maximum absolute atomic E-state index is 13.4. The van der Waals surface area contributed by atoms with E-state index in [-0.39, 0.29) is 17.0 Å². The van der Waals surface area contributed by atoms with Crippen LogP contribution in [0.15, 0.2) is 53.4 Å². The lowest BCUT2D eigenvalue weighted by Gasteiger charge is -2.32. The Bertz CT molecular complexity index is 1050. The molecule has 2 aromatic rings. The normalized spacial score (nSPS) is 20.2. The average Bonchev–Trinajstić information content (AvgIpc) is 3.04. The van der Waals surface area contributed by atoms with Crippen LogP contribution in [0, 0.1) is 6.92 Å². The predicted octanol–water partition coefficient (Wildman–Crippen LogP) is 3.54. The number of rotatable bonds is 4. The Morgan fingerprint density at radius 2 is 1.58 bits per heavy atom. The Labute approximate surface area is 179 Å². The van der Waals surface area contributed by atoms with E-state index in [1.807, 2.05) is 0 Å². The van der Waals surface area contributed by atoms with E-state index in [0.29, 0.717) is 4.90 Å². The maximum Gasteiger partial charge on any atom is 0.471 e. The van der Waals surface area contributed by atoms with Crippen LogP contribution in [0.2, 0.25) is 0 Å². The van der Waals surface area contributed by atoms with Gasteiger partial charge in [0.15, 0.2) is 0 Å². The van der Waals surface area contributed by atoms with Crippen molar-refractivity contribution in [1.82, 2.24) is 9.21 Å². The standard InChI is InChI=1S/C21H24F3N3O3S/c1-14-5-11-18(12-6-14)31(29,30)26-13-15(2)27(20(28)21(22,23)24)19(26)16-7-9-17(10-8-16)25(3)4/h5-12,15,19H,13H2,1-4H3. The zero-order valence-electron chi connectivity index (χ0n) is 17.6. The molecule has 6 nitrogen and oxygen atoms in total. The molecule has 0 spiro atoms. The number of aryl methyl sites for hydroxylation is 1. The second-order valence-corrected chi connectivity index (χ2v) is 9.70. The second kappa shape index (κ2) is 8.16. The van der Waals surface area contributed by atoms with Crippen molar-refractivity contribution in [3.05, 3.63) is 59.7 Å². The van der Waals surface area contributed by atoms with E-state index in [9.17, 15) is 26.4 Å². The van der Waals surface area contributed by atoms with Gasteiger partial charge in [0.2, 0.25) is 10.0 Å². The summed E-state index contributed by atoms with van der Waals surface area (Å²) in [5.74, 6) is -2.07. The fourth-order valence-corrected chi connectivity index (χ4v) is 5.28. The van der Waals surface area contributed by atoms with Crippen LogP contribution >= 0.6 is 0 Å². The minimum Gasteiger partial charge on any atom is -0.378 e. The van der Waals surface area contributed by atoms with Crippen molar-refractivity contribution in [3.63, 3.8) is 0 Å². The van der Waals surface area contributed by atoms with Crippen LogP contribution in [-0.2, 0) is 14.8 Å². The van der Waals surface area contributed by atoms with Gasteiger partial charge in [-0.15, -0.1) is 0 Å². The molecule has 0 saturated carbocycles. The largest absolute Gasteiger partial charge is 0.471 e. The van der Waals surface area contributed by atoms with Crippen molar-refractivity contribution < 1.29 is 26.4 Å². The highest BCUT2D eigenvalue weighted by molar-refractivity contribution is 7.89. The molecule has 168 valence electrons. The third-order valence-electron chi connectivity index (χ3n) is 5.27. The molecule has 0 aromatic heterocycles. The molecule has 2 atom stereocenters. The monoisotopic (exact) mass is 455 g/mol. The molecular formula is C21H24F3N3O3S. The molecule has 1 heterocycles. The molecule has 1 aliphatic heterocycles. The summed E-state index contributed by atoms with van der Waals surface area (Å²) >= 11 is 0. The molecule has 0 radical (unpaired) electrons. The number of nitrogens with zero attached hydrogens (tertiary/aromatic N) is 3. The highest BCUT2D eigenvalue weighted by Crippen LogP contribution is 2.40. The third kappa shape index (κ3) is 4.40. The van der Waals surface area contributed by atoms with E-state index in [1.54, 1.807) is 62.3 Å². The summed E-state index contributed by atoms with van der Waals surface area (Å²) in [5.41, 5.74) is 1.91. The number of carbonyl (C=O) groups excluding carboxylic acids is 1. The molecule has 0 aliphatic carbocycles. The van der Waals surface area contributed by atoms with E-state index in [4.69, 9.17) is 0 Å². The summed E-state index contributed by atoms with van der Waals surface area (Å²) in [6, 6.07) is 11.5. The second-order valence-electron chi connectivity index (χ2n) is 7.81. The van der Waals surface area contributed by atoms with Gasteiger partial charge in [0, 0.05) is 32.4 Å². The molecule has 1 saturated heterocycles. The molecule has 31 heavy (non-hydrogen) atoms. The summed E-state index contributed by atoms with van der Waals surface area (Å²) in [6.07, 6.45) is -6.54. The number of anilines is 1. The fourth-order valence-electron chi connectivity index (χ4n) is 3.63. The van der Waals surface area contributed by atoms with Gasteiger partial charge < -0.3 is 9.80 Å². The van der Waals surface area contributed by atoms with Gasteiger partial charge in [-0.25, -0.2) is 8.42 Å². The molecule has 2 unspecified atom stereocenters. The summed E-state index contributed by atoms with van der Waals surface area (Å²) in [4.78, 5) is 14.6. The Kier molecular flexibility index (Phi) is 6.07. The van der Waals surface area contributed by atoms with Crippen LogP contribution in [0.4, 0.5) is 18.9 Å². The molecule has 1 amide bonds.